The second-order valence-electron chi connectivity index (χ2n) is 8.62. The standard InChI is InChI=1S/C14H8BrClN4.C9H5BrN2.C5H4Cl2N2.Al.3ClH/c1-7-5-19-14(16)20-12(7)9-6-18-13-8(9)3-4-10(17-2)11(13)15;1-11-7-3-2-6-4-5-12-9(6)8(7)10;1-3-2-8-5(7)9-4(3)6;;;;/h3-6,18H,1H3;2-5,12H;2H,1H3;;3*1H/q;;;+3;;;/p-3. The largest absolute Gasteiger partial charge is 0.643 e. The van der Waals surface area contributed by atoms with E-state index in [0.717, 1.165) is 53.1 Å². The van der Waals surface area contributed by atoms with E-state index in [1.54, 1.807) is 18.5 Å². The van der Waals surface area contributed by atoms with Gasteiger partial charge >= 0.3 is 11.4 Å². The molecule has 0 saturated carbocycles. The molecule has 4 aromatic heterocycles. The maximum absolute atomic E-state index is 7.14. The van der Waals surface area contributed by atoms with E-state index in [-0.39, 0.29) is 10.6 Å². The summed E-state index contributed by atoms with van der Waals surface area (Å²) >= 11 is 22.0. The molecule has 0 unspecified atom stereocenters. The average molecular weight is 865 g/mol. The zero-order valence-corrected chi connectivity index (χ0v) is 31.8. The first-order valence-corrected chi connectivity index (χ1v) is 20.2. The number of hydrogen-bond acceptors (Lipinski definition) is 4. The summed E-state index contributed by atoms with van der Waals surface area (Å²) in [5.74, 6) is 0. The molecule has 0 spiro atoms. The number of benzene rings is 2. The summed E-state index contributed by atoms with van der Waals surface area (Å²) in [5, 5.41) is 2.92. The Morgan fingerprint density at radius 2 is 1.31 bits per heavy atom. The van der Waals surface area contributed by atoms with Crippen molar-refractivity contribution in [3.8, 4) is 11.3 Å². The maximum atomic E-state index is 7.14. The number of nitrogens with one attached hydrogen (secondary N) is 2. The third kappa shape index (κ3) is 10.2. The fraction of sp³-hybridized carbons (Fsp3) is 0.0714. The van der Waals surface area contributed by atoms with Crippen LogP contribution in [0.15, 0.2) is 64.1 Å². The first-order chi connectivity index (χ1) is 21.4. The molecule has 0 bridgehead atoms. The van der Waals surface area contributed by atoms with Gasteiger partial charge in [0.05, 0.1) is 18.8 Å². The molecule has 45 heavy (non-hydrogen) atoms. The molecule has 6 rings (SSSR count). The van der Waals surface area contributed by atoms with Gasteiger partial charge in [-0.15, -0.1) is 0 Å². The molecule has 17 heteroatoms. The molecule has 0 fully saturated rings. The Balaban J connectivity index is 0.000000188. The van der Waals surface area contributed by atoms with Crippen molar-refractivity contribution in [1.29, 1.82) is 0 Å². The minimum Gasteiger partial charge on any atom is -0.361 e. The maximum Gasteiger partial charge on any atom is 0.643 e. The van der Waals surface area contributed by atoms with Crippen LogP contribution < -0.4 is 0 Å². The molecule has 0 aliphatic carbocycles. The number of aromatic nitrogens is 6. The molecule has 8 nitrogen and oxygen atoms in total. The second kappa shape index (κ2) is 17.7. The normalized spacial score (nSPS) is 9.96. The minimum absolute atomic E-state index is 0.186. The summed E-state index contributed by atoms with van der Waals surface area (Å²) in [6.45, 7) is 17.8. The lowest BCUT2D eigenvalue weighted by Gasteiger charge is -2.04. The fourth-order valence-corrected chi connectivity index (χ4v) is 5.25. The highest BCUT2D eigenvalue weighted by molar-refractivity contribution is 9.11. The lowest BCUT2D eigenvalue weighted by Crippen LogP contribution is -1.90. The summed E-state index contributed by atoms with van der Waals surface area (Å²) < 4.78 is 1.61. The van der Waals surface area contributed by atoms with E-state index in [2.05, 4.69) is 71.5 Å². The summed E-state index contributed by atoms with van der Waals surface area (Å²) in [7, 11) is 14.8. The number of rotatable bonds is 1. The molecule has 0 atom stereocenters. The van der Waals surface area contributed by atoms with E-state index >= 15 is 0 Å². The van der Waals surface area contributed by atoms with Crippen LogP contribution in [-0.2, 0) is 0 Å². The van der Waals surface area contributed by atoms with Gasteiger partial charge in [-0.25, -0.2) is 59.8 Å². The van der Waals surface area contributed by atoms with Crippen molar-refractivity contribution in [2.45, 2.75) is 13.8 Å². The van der Waals surface area contributed by atoms with E-state index in [0.29, 0.717) is 16.5 Å². The van der Waals surface area contributed by atoms with Crippen molar-refractivity contribution < 1.29 is 0 Å². The van der Waals surface area contributed by atoms with Crippen molar-refractivity contribution in [2.75, 3.05) is 0 Å². The summed E-state index contributed by atoms with van der Waals surface area (Å²) in [6, 6.07) is 9.43. The second-order valence-corrected chi connectivity index (χ2v) is 17.7. The molecule has 4 heterocycles. The Labute approximate surface area is 307 Å². The number of aromatic amines is 2. The van der Waals surface area contributed by atoms with Gasteiger partial charge in [0.1, 0.15) is 5.15 Å². The van der Waals surface area contributed by atoms with Gasteiger partial charge in [-0.1, -0.05) is 67.7 Å². The molecule has 0 saturated heterocycles. The van der Waals surface area contributed by atoms with Crippen molar-refractivity contribution in [3.05, 3.63) is 114 Å². The molecule has 0 amide bonds. The van der Waals surface area contributed by atoms with Gasteiger partial charge in [-0.05, 0) is 54.1 Å². The van der Waals surface area contributed by atoms with Gasteiger partial charge < -0.3 is 9.97 Å². The Hall–Kier alpha value is -2.11. The topological polar surface area (TPSA) is 91.9 Å². The highest BCUT2D eigenvalue weighted by atomic mass is 79.9. The van der Waals surface area contributed by atoms with Crippen molar-refractivity contribution >= 4 is 141 Å². The highest BCUT2D eigenvalue weighted by Crippen LogP contribution is 2.38. The van der Waals surface area contributed by atoms with Crippen LogP contribution in [0.5, 0.6) is 0 Å². The number of aryl methyl sites for hydroxylation is 2. The number of halogens is 8. The number of fused-ring (bicyclic) bond motifs is 2. The van der Waals surface area contributed by atoms with Crippen molar-refractivity contribution in [2.24, 2.45) is 0 Å². The molecule has 2 aromatic carbocycles. The molecular formula is C28H17AlBr2Cl6N8. The predicted molar refractivity (Wildman–Crippen MR) is 195 cm³/mol. The Morgan fingerprint density at radius 1 is 0.756 bits per heavy atom. The highest BCUT2D eigenvalue weighted by Gasteiger charge is 2.14. The van der Waals surface area contributed by atoms with Crippen molar-refractivity contribution in [3.63, 3.8) is 0 Å². The monoisotopic (exact) mass is 860 g/mol. The Bertz CT molecular complexity index is 2040. The van der Waals surface area contributed by atoms with Crippen LogP contribution in [0.3, 0.4) is 0 Å². The first-order valence-electron chi connectivity index (χ1n) is 12.2. The first kappa shape index (κ1) is 37.4. The zero-order valence-electron chi connectivity index (χ0n) is 23.0. The molecule has 2 N–H and O–H groups in total. The SMILES string of the molecule is Cc1cnc(Cl)nc1Cl.[C-]#[N+]c1ccc2c(-c3nc(Cl)ncc3C)c[nH]c2c1Br.[C-]#[N+]c1ccc2cc[nH]c2c1Br.[Cl][Al]([Cl])[Cl]. The van der Waals surface area contributed by atoms with Crippen LogP contribution in [0.2, 0.25) is 15.7 Å². The summed E-state index contributed by atoms with van der Waals surface area (Å²) in [4.78, 5) is 28.8. The van der Waals surface area contributed by atoms with E-state index in [1.807, 2.05) is 50.5 Å². The van der Waals surface area contributed by atoms with Gasteiger partial charge in [-0.2, -0.15) is 0 Å². The molecular weight excluding hydrogens is 848 g/mol. The third-order valence-electron chi connectivity index (χ3n) is 5.74. The molecule has 228 valence electrons. The zero-order chi connectivity index (χ0) is 33.3. The molecule has 6 aromatic rings. The fourth-order valence-electron chi connectivity index (χ4n) is 3.70. The van der Waals surface area contributed by atoms with Crippen LogP contribution in [0.1, 0.15) is 11.1 Å². The number of hydrogen-bond donors (Lipinski definition) is 2. The third-order valence-corrected chi connectivity index (χ3v) is 8.09. The van der Waals surface area contributed by atoms with Crippen LogP contribution in [0, 0.1) is 27.0 Å². The van der Waals surface area contributed by atoms with Crippen LogP contribution in [0.4, 0.5) is 11.4 Å². The smallest absolute Gasteiger partial charge is 0.361 e. The molecule has 0 radical (unpaired) electrons. The van der Waals surface area contributed by atoms with Gasteiger partial charge in [0, 0.05) is 61.3 Å². The van der Waals surface area contributed by atoms with Gasteiger partial charge in [0.15, 0.2) is 0 Å². The Kier molecular flexibility index (Phi) is 14.7. The van der Waals surface area contributed by atoms with Gasteiger partial charge in [0.25, 0.3) is 0 Å². The van der Waals surface area contributed by atoms with E-state index in [9.17, 15) is 0 Å². The summed E-state index contributed by atoms with van der Waals surface area (Å²) in [5.41, 5.74) is 6.60. The van der Waals surface area contributed by atoms with E-state index < -0.39 is 11.4 Å². The minimum atomic E-state index is -1.72. The molecule has 0 aliphatic rings. The van der Waals surface area contributed by atoms with Crippen LogP contribution >= 0.6 is 96.8 Å². The summed E-state index contributed by atoms with van der Waals surface area (Å²) in [6.07, 6.45) is 7.02. The lowest BCUT2D eigenvalue weighted by molar-refractivity contribution is 1.13. The average Bonchev–Trinajstić information content (AvgIpc) is 3.66. The van der Waals surface area contributed by atoms with Gasteiger partial charge in [0.2, 0.25) is 21.9 Å². The van der Waals surface area contributed by atoms with Gasteiger partial charge in [-0.3, -0.25) is 0 Å². The quantitative estimate of drug-likeness (QED) is 0.0745. The lowest BCUT2D eigenvalue weighted by atomic mass is 10.1. The number of nitrogens with zero attached hydrogens (tertiary/aromatic N) is 6. The van der Waals surface area contributed by atoms with E-state index in [1.165, 1.54) is 0 Å². The van der Waals surface area contributed by atoms with Crippen molar-refractivity contribution in [1.82, 2.24) is 29.9 Å². The van der Waals surface area contributed by atoms with Crippen LogP contribution in [-0.4, -0.2) is 41.3 Å². The molecule has 0 aliphatic heterocycles. The predicted octanol–water partition coefficient (Wildman–Crippen LogP) is 12.2. The Morgan fingerprint density at radius 3 is 1.89 bits per heavy atom. The van der Waals surface area contributed by atoms with E-state index in [4.69, 9.17) is 78.1 Å². The number of H-pyrrole nitrogens is 2. The van der Waals surface area contributed by atoms with Crippen LogP contribution in [0.25, 0.3) is 42.8 Å².